The Hall–Kier alpha value is -1.12. The number of carbonyl (C=O) groups is 1. The Balaban J connectivity index is 1.71. The fraction of sp³-hybridized carbons (Fsp3) is 0.875. The average Bonchev–Trinajstić information content (AvgIpc) is 3.31. The molecule has 2 fully saturated rings. The van der Waals surface area contributed by atoms with Gasteiger partial charge in [-0.15, -0.1) is 0 Å². The number of piperidine rings is 1. The molecular formula is C16H28N4O. The van der Waals surface area contributed by atoms with Crippen LogP contribution in [-0.2, 0) is 4.79 Å². The number of nitrogens with zero attached hydrogens (tertiary/aromatic N) is 2. The van der Waals surface area contributed by atoms with Crippen LogP contribution < -0.4 is 10.6 Å². The van der Waals surface area contributed by atoms with Crippen molar-refractivity contribution >= 4 is 5.91 Å². The molecule has 1 heterocycles. The highest BCUT2D eigenvalue weighted by molar-refractivity contribution is 5.79. The third kappa shape index (κ3) is 4.69. The Morgan fingerprint density at radius 2 is 2.00 bits per heavy atom. The third-order valence-corrected chi connectivity index (χ3v) is 4.78. The fourth-order valence-corrected chi connectivity index (χ4v) is 3.11. The molecule has 1 atom stereocenters. The molecule has 1 saturated heterocycles. The van der Waals surface area contributed by atoms with Crippen molar-refractivity contribution in [3.63, 3.8) is 0 Å². The van der Waals surface area contributed by atoms with Crippen LogP contribution in [0.2, 0.25) is 0 Å². The number of hydrogen-bond donors (Lipinski definition) is 2. The first kappa shape index (κ1) is 16.3. The Morgan fingerprint density at radius 3 is 2.52 bits per heavy atom. The topological polar surface area (TPSA) is 68.2 Å². The van der Waals surface area contributed by atoms with E-state index in [1.807, 2.05) is 6.92 Å². The van der Waals surface area contributed by atoms with Crippen molar-refractivity contribution in [2.45, 2.75) is 45.1 Å². The highest BCUT2D eigenvalue weighted by Crippen LogP contribution is 2.39. The lowest BCUT2D eigenvalue weighted by Crippen LogP contribution is -2.51. The van der Waals surface area contributed by atoms with E-state index in [4.69, 9.17) is 0 Å². The first-order chi connectivity index (χ1) is 10.1. The maximum absolute atomic E-state index is 12.2. The van der Waals surface area contributed by atoms with Gasteiger partial charge in [0.2, 0.25) is 5.91 Å². The summed E-state index contributed by atoms with van der Waals surface area (Å²) in [5.74, 6) is 1.08. The van der Waals surface area contributed by atoms with Crippen LogP contribution in [0.1, 0.15) is 39.5 Å². The van der Waals surface area contributed by atoms with Gasteiger partial charge in [-0.25, -0.2) is 0 Å². The van der Waals surface area contributed by atoms with Gasteiger partial charge in [-0.05, 0) is 70.6 Å². The van der Waals surface area contributed by atoms with Gasteiger partial charge in [0.05, 0.1) is 12.6 Å². The number of likely N-dealkylation sites (tertiary alicyclic amines) is 1. The van der Waals surface area contributed by atoms with Gasteiger partial charge in [-0.2, -0.15) is 5.26 Å². The van der Waals surface area contributed by atoms with Crippen molar-refractivity contribution in [3.05, 3.63) is 0 Å². The van der Waals surface area contributed by atoms with Crippen molar-refractivity contribution in [1.29, 1.82) is 5.26 Å². The first-order valence-corrected chi connectivity index (χ1v) is 8.22. The van der Waals surface area contributed by atoms with Crippen LogP contribution >= 0.6 is 0 Å². The number of rotatable bonds is 7. The Kier molecular flexibility index (Phi) is 5.60. The molecule has 0 aromatic rings. The highest BCUT2D eigenvalue weighted by Gasteiger charge is 2.43. The summed E-state index contributed by atoms with van der Waals surface area (Å²) in [7, 11) is 0. The van der Waals surface area contributed by atoms with Crippen molar-refractivity contribution in [1.82, 2.24) is 15.5 Å². The lowest BCUT2D eigenvalue weighted by atomic mass is 9.96. The summed E-state index contributed by atoms with van der Waals surface area (Å²) < 4.78 is 0. The Labute approximate surface area is 128 Å². The summed E-state index contributed by atoms with van der Waals surface area (Å²) in [5.41, 5.74) is -0.666. The SMILES string of the molecule is CCNCC1CCN(CC(=O)NC(C)(C#N)C2CC2)CC1. The van der Waals surface area contributed by atoms with Gasteiger partial charge in [0.25, 0.3) is 0 Å². The molecule has 0 radical (unpaired) electrons. The Bertz CT molecular complexity index is 394. The van der Waals surface area contributed by atoms with Gasteiger partial charge in [-0.3, -0.25) is 9.69 Å². The van der Waals surface area contributed by atoms with E-state index in [9.17, 15) is 10.1 Å². The second-order valence-corrected chi connectivity index (χ2v) is 6.66. The maximum Gasteiger partial charge on any atom is 0.235 e. The molecule has 0 spiro atoms. The molecule has 21 heavy (non-hydrogen) atoms. The molecule has 0 bridgehead atoms. The van der Waals surface area contributed by atoms with Gasteiger partial charge in [0.1, 0.15) is 5.54 Å². The predicted molar refractivity (Wildman–Crippen MR) is 82.6 cm³/mol. The number of hydrogen-bond acceptors (Lipinski definition) is 4. The number of nitriles is 1. The largest absolute Gasteiger partial charge is 0.337 e. The molecule has 2 rings (SSSR count). The van der Waals surface area contributed by atoms with Gasteiger partial charge in [-0.1, -0.05) is 6.92 Å². The van der Waals surface area contributed by atoms with Crippen LogP contribution in [0, 0.1) is 23.2 Å². The van der Waals surface area contributed by atoms with Crippen LogP contribution in [0.5, 0.6) is 0 Å². The normalized spacial score (nSPS) is 23.3. The summed E-state index contributed by atoms with van der Waals surface area (Å²) in [4.78, 5) is 14.4. The second kappa shape index (κ2) is 7.24. The van der Waals surface area contributed by atoms with Crippen molar-refractivity contribution < 1.29 is 4.79 Å². The van der Waals surface area contributed by atoms with Crippen molar-refractivity contribution in [2.75, 3.05) is 32.7 Å². The van der Waals surface area contributed by atoms with E-state index in [1.165, 1.54) is 0 Å². The van der Waals surface area contributed by atoms with Crippen LogP contribution in [0.3, 0.4) is 0 Å². The maximum atomic E-state index is 12.2. The molecule has 1 unspecified atom stereocenters. The molecule has 1 aliphatic carbocycles. The standard InChI is InChI=1S/C16H28N4O/c1-3-18-10-13-6-8-20(9-7-13)11-15(21)19-16(2,12-17)14-4-5-14/h13-14,18H,3-11H2,1-2H3,(H,19,21). The fourth-order valence-electron chi connectivity index (χ4n) is 3.11. The van der Waals surface area contributed by atoms with Gasteiger partial charge in [0.15, 0.2) is 0 Å². The van der Waals surface area contributed by atoms with Crippen molar-refractivity contribution in [3.8, 4) is 6.07 Å². The lowest BCUT2D eigenvalue weighted by molar-refractivity contribution is -0.124. The quantitative estimate of drug-likeness (QED) is 0.738. The Morgan fingerprint density at radius 1 is 1.33 bits per heavy atom. The number of carbonyl (C=O) groups excluding carboxylic acids is 1. The minimum atomic E-state index is -0.666. The smallest absolute Gasteiger partial charge is 0.235 e. The molecule has 1 aliphatic heterocycles. The van der Waals surface area contributed by atoms with E-state index in [2.05, 4.69) is 28.5 Å². The molecule has 2 N–H and O–H groups in total. The molecule has 0 aromatic carbocycles. The van der Waals surface area contributed by atoms with Crippen LogP contribution in [0.4, 0.5) is 0 Å². The minimum absolute atomic E-state index is 0.00363. The van der Waals surface area contributed by atoms with E-state index in [0.29, 0.717) is 12.5 Å². The molecule has 5 heteroatoms. The van der Waals surface area contributed by atoms with Gasteiger partial charge >= 0.3 is 0 Å². The first-order valence-electron chi connectivity index (χ1n) is 8.22. The van der Waals surface area contributed by atoms with E-state index in [-0.39, 0.29) is 5.91 Å². The summed E-state index contributed by atoms with van der Waals surface area (Å²) in [6.45, 7) is 8.49. The third-order valence-electron chi connectivity index (χ3n) is 4.78. The van der Waals surface area contributed by atoms with E-state index in [1.54, 1.807) is 0 Å². The molecule has 0 aromatic heterocycles. The van der Waals surface area contributed by atoms with E-state index in [0.717, 1.165) is 57.8 Å². The lowest BCUT2D eigenvalue weighted by Gasteiger charge is -2.32. The molecule has 5 nitrogen and oxygen atoms in total. The molecular weight excluding hydrogens is 264 g/mol. The van der Waals surface area contributed by atoms with Crippen LogP contribution in [0.25, 0.3) is 0 Å². The summed E-state index contributed by atoms with van der Waals surface area (Å²) >= 11 is 0. The van der Waals surface area contributed by atoms with Crippen LogP contribution in [0.15, 0.2) is 0 Å². The molecule has 1 amide bonds. The van der Waals surface area contributed by atoms with E-state index < -0.39 is 5.54 Å². The van der Waals surface area contributed by atoms with Crippen molar-refractivity contribution in [2.24, 2.45) is 11.8 Å². The average molecular weight is 292 g/mol. The summed E-state index contributed by atoms with van der Waals surface area (Å²) in [5, 5.41) is 15.6. The zero-order chi connectivity index (χ0) is 15.3. The summed E-state index contributed by atoms with van der Waals surface area (Å²) in [6.07, 6.45) is 4.41. The predicted octanol–water partition coefficient (Wildman–Crippen LogP) is 1.12. The molecule has 2 aliphatic rings. The van der Waals surface area contributed by atoms with Gasteiger partial charge in [0, 0.05) is 0 Å². The zero-order valence-electron chi connectivity index (χ0n) is 13.3. The molecule has 1 saturated carbocycles. The van der Waals surface area contributed by atoms with E-state index >= 15 is 0 Å². The second-order valence-electron chi connectivity index (χ2n) is 6.66. The number of nitrogens with one attached hydrogen (secondary N) is 2. The number of amides is 1. The summed E-state index contributed by atoms with van der Waals surface area (Å²) in [6, 6.07) is 2.28. The molecule has 118 valence electrons. The highest BCUT2D eigenvalue weighted by atomic mass is 16.2. The monoisotopic (exact) mass is 292 g/mol. The van der Waals surface area contributed by atoms with Gasteiger partial charge < -0.3 is 10.6 Å². The van der Waals surface area contributed by atoms with Crippen LogP contribution in [-0.4, -0.2) is 49.1 Å². The zero-order valence-corrected chi connectivity index (χ0v) is 13.3. The minimum Gasteiger partial charge on any atom is -0.337 e.